The molecule has 3 rings (SSSR count). The lowest BCUT2D eigenvalue weighted by atomic mass is 10.1. The van der Waals surface area contributed by atoms with Crippen LogP contribution in [0.2, 0.25) is 0 Å². The van der Waals surface area contributed by atoms with Crippen LogP contribution in [-0.2, 0) is 25.6 Å². The van der Waals surface area contributed by atoms with Gasteiger partial charge in [0.2, 0.25) is 0 Å². The van der Waals surface area contributed by atoms with Gasteiger partial charge < -0.3 is 4.74 Å². The zero-order valence-corrected chi connectivity index (χ0v) is 15.3. The molecule has 1 fully saturated rings. The molecule has 1 saturated heterocycles. The van der Waals surface area contributed by atoms with Gasteiger partial charge >= 0.3 is 0 Å². The molecule has 0 saturated carbocycles. The van der Waals surface area contributed by atoms with Gasteiger partial charge in [-0.15, -0.1) is 0 Å². The standard InChI is InChI=1S/C19H23NO4S/c1-15-8-10-18(11-9-15)25(21,22)24-19-16(2)20(12-13-23-19)14-17-6-4-3-5-7-17/h3-11,16,19H,12-14H2,1-2H3/t16?,19-/m0/s1. The summed E-state index contributed by atoms with van der Waals surface area (Å²) in [6.45, 7) is 5.74. The average Bonchev–Trinajstić information content (AvgIpc) is 2.60. The zero-order chi connectivity index (χ0) is 17.9. The predicted molar refractivity (Wildman–Crippen MR) is 95.5 cm³/mol. The molecule has 25 heavy (non-hydrogen) atoms. The number of nitrogens with zero attached hydrogens (tertiary/aromatic N) is 1. The van der Waals surface area contributed by atoms with Gasteiger partial charge in [-0.1, -0.05) is 48.0 Å². The van der Waals surface area contributed by atoms with Crippen LogP contribution in [0, 0.1) is 6.92 Å². The van der Waals surface area contributed by atoms with Crippen LogP contribution in [0.25, 0.3) is 0 Å². The minimum absolute atomic E-state index is 0.147. The predicted octanol–water partition coefficient (Wildman–Crippen LogP) is 2.95. The van der Waals surface area contributed by atoms with E-state index in [1.54, 1.807) is 24.3 Å². The van der Waals surface area contributed by atoms with E-state index >= 15 is 0 Å². The number of hydrogen-bond acceptors (Lipinski definition) is 5. The van der Waals surface area contributed by atoms with Gasteiger partial charge in [0, 0.05) is 13.1 Å². The van der Waals surface area contributed by atoms with Crippen LogP contribution in [0.15, 0.2) is 59.5 Å². The highest BCUT2D eigenvalue weighted by atomic mass is 32.2. The van der Waals surface area contributed by atoms with Gasteiger partial charge in [-0.3, -0.25) is 4.90 Å². The topological polar surface area (TPSA) is 55.8 Å². The maximum Gasteiger partial charge on any atom is 0.299 e. The van der Waals surface area contributed by atoms with Crippen LogP contribution in [0.4, 0.5) is 0 Å². The van der Waals surface area contributed by atoms with Gasteiger partial charge in [-0.2, -0.15) is 8.42 Å². The lowest BCUT2D eigenvalue weighted by Gasteiger charge is -2.38. The van der Waals surface area contributed by atoms with Crippen LogP contribution in [0.3, 0.4) is 0 Å². The second kappa shape index (κ2) is 7.66. The molecule has 2 atom stereocenters. The minimum Gasteiger partial charge on any atom is -0.348 e. The second-order valence-corrected chi connectivity index (χ2v) is 7.87. The molecule has 134 valence electrons. The third-order valence-corrected chi connectivity index (χ3v) is 5.68. The molecule has 0 N–H and O–H groups in total. The van der Waals surface area contributed by atoms with Crippen LogP contribution in [-0.4, -0.2) is 38.8 Å². The fourth-order valence-electron chi connectivity index (χ4n) is 2.84. The van der Waals surface area contributed by atoms with Crippen molar-refractivity contribution >= 4 is 10.1 Å². The third kappa shape index (κ3) is 4.46. The lowest BCUT2D eigenvalue weighted by molar-refractivity contribution is -0.159. The van der Waals surface area contributed by atoms with E-state index in [4.69, 9.17) is 8.92 Å². The van der Waals surface area contributed by atoms with E-state index in [2.05, 4.69) is 17.0 Å². The molecule has 0 spiro atoms. The Kier molecular flexibility index (Phi) is 5.54. The van der Waals surface area contributed by atoms with Crippen LogP contribution >= 0.6 is 0 Å². The van der Waals surface area contributed by atoms with Crippen molar-refractivity contribution in [3.05, 3.63) is 65.7 Å². The first-order valence-electron chi connectivity index (χ1n) is 8.35. The van der Waals surface area contributed by atoms with Gasteiger partial charge in [0.1, 0.15) is 0 Å². The van der Waals surface area contributed by atoms with Crippen LogP contribution < -0.4 is 0 Å². The largest absolute Gasteiger partial charge is 0.348 e. The molecule has 0 bridgehead atoms. The number of hydrogen-bond donors (Lipinski definition) is 0. The molecule has 1 heterocycles. The van der Waals surface area contributed by atoms with E-state index in [1.807, 2.05) is 32.0 Å². The van der Waals surface area contributed by atoms with Gasteiger partial charge in [0.25, 0.3) is 10.1 Å². The van der Waals surface area contributed by atoms with Gasteiger partial charge in [-0.25, -0.2) is 4.18 Å². The van der Waals surface area contributed by atoms with E-state index in [0.717, 1.165) is 18.7 Å². The van der Waals surface area contributed by atoms with E-state index in [0.29, 0.717) is 6.61 Å². The summed E-state index contributed by atoms with van der Waals surface area (Å²) in [4.78, 5) is 2.32. The van der Waals surface area contributed by atoms with Crippen molar-refractivity contribution in [1.82, 2.24) is 4.90 Å². The average molecular weight is 361 g/mol. The summed E-state index contributed by atoms with van der Waals surface area (Å²) in [6, 6.07) is 16.5. The molecule has 2 aromatic carbocycles. The maximum absolute atomic E-state index is 12.5. The highest BCUT2D eigenvalue weighted by Crippen LogP contribution is 2.22. The summed E-state index contributed by atoms with van der Waals surface area (Å²) < 4.78 is 36.0. The smallest absolute Gasteiger partial charge is 0.299 e. The van der Waals surface area contributed by atoms with E-state index in [-0.39, 0.29) is 10.9 Å². The Labute approximate surface area is 149 Å². The fourth-order valence-corrected chi connectivity index (χ4v) is 3.88. The van der Waals surface area contributed by atoms with Crippen molar-refractivity contribution in [1.29, 1.82) is 0 Å². The summed E-state index contributed by atoms with van der Waals surface area (Å²) in [5, 5.41) is 0. The van der Waals surface area contributed by atoms with Crippen molar-refractivity contribution in [3.63, 3.8) is 0 Å². The minimum atomic E-state index is -3.86. The first kappa shape index (κ1) is 18.1. The summed E-state index contributed by atoms with van der Waals surface area (Å²) in [7, 11) is -3.86. The van der Waals surface area contributed by atoms with E-state index in [9.17, 15) is 8.42 Å². The number of ether oxygens (including phenoxy) is 1. The van der Waals surface area contributed by atoms with Crippen LogP contribution in [0.1, 0.15) is 18.1 Å². The van der Waals surface area contributed by atoms with Crippen LogP contribution in [0.5, 0.6) is 0 Å². The molecule has 0 amide bonds. The second-order valence-electron chi connectivity index (χ2n) is 6.30. The third-order valence-electron chi connectivity index (χ3n) is 4.39. The fraction of sp³-hybridized carbons (Fsp3) is 0.368. The Morgan fingerprint density at radius 3 is 2.48 bits per heavy atom. The quantitative estimate of drug-likeness (QED) is 0.767. The Morgan fingerprint density at radius 1 is 1.12 bits per heavy atom. The highest BCUT2D eigenvalue weighted by molar-refractivity contribution is 7.86. The molecule has 1 unspecified atom stereocenters. The highest BCUT2D eigenvalue weighted by Gasteiger charge is 2.33. The van der Waals surface area contributed by atoms with Crippen molar-refractivity contribution < 1.29 is 17.3 Å². The van der Waals surface area contributed by atoms with E-state index < -0.39 is 16.4 Å². The van der Waals surface area contributed by atoms with Crippen molar-refractivity contribution in [2.45, 2.75) is 37.6 Å². The molecule has 6 heteroatoms. The van der Waals surface area contributed by atoms with Crippen molar-refractivity contribution in [2.24, 2.45) is 0 Å². The summed E-state index contributed by atoms with van der Waals surface area (Å²) >= 11 is 0. The summed E-state index contributed by atoms with van der Waals surface area (Å²) in [6.07, 6.45) is -0.816. The Bertz CT molecular complexity index is 790. The zero-order valence-electron chi connectivity index (χ0n) is 14.5. The molecule has 0 aliphatic carbocycles. The van der Waals surface area contributed by atoms with E-state index in [1.165, 1.54) is 5.56 Å². The molecule has 1 aliphatic rings. The first-order valence-corrected chi connectivity index (χ1v) is 9.76. The van der Waals surface area contributed by atoms with Crippen molar-refractivity contribution in [2.75, 3.05) is 13.2 Å². The number of benzene rings is 2. The normalized spacial score (nSPS) is 22.0. The number of morpholine rings is 1. The Morgan fingerprint density at radius 2 is 1.80 bits per heavy atom. The molecule has 2 aromatic rings. The van der Waals surface area contributed by atoms with Gasteiger partial charge in [-0.05, 0) is 31.5 Å². The summed E-state index contributed by atoms with van der Waals surface area (Å²) in [5.74, 6) is 0. The maximum atomic E-state index is 12.5. The lowest BCUT2D eigenvalue weighted by Crippen LogP contribution is -2.50. The van der Waals surface area contributed by atoms with Gasteiger partial charge in [0.15, 0.2) is 6.29 Å². The SMILES string of the molecule is Cc1ccc(S(=O)(=O)O[C@@H]2OCCN(Cc3ccccc3)C2C)cc1. The molecule has 1 aliphatic heterocycles. The summed E-state index contributed by atoms with van der Waals surface area (Å²) in [5.41, 5.74) is 2.17. The van der Waals surface area contributed by atoms with Gasteiger partial charge in [0.05, 0.1) is 17.5 Å². The molecule has 0 radical (unpaired) electrons. The number of aryl methyl sites for hydroxylation is 1. The monoisotopic (exact) mass is 361 g/mol. The molecule has 5 nitrogen and oxygen atoms in total. The molecular formula is C19H23NO4S. The number of rotatable bonds is 5. The Balaban J connectivity index is 1.70. The molecular weight excluding hydrogens is 338 g/mol. The first-order chi connectivity index (χ1) is 12.0. The Hall–Kier alpha value is -1.73. The van der Waals surface area contributed by atoms with Crippen molar-refractivity contribution in [3.8, 4) is 0 Å². The molecule has 0 aromatic heterocycles.